The molecule has 0 saturated heterocycles. The number of hydrogen-bond acceptors (Lipinski definition) is 3. The molecule has 0 saturated carbocycles. The second-order valence-electron chi connectivity index (χ2n) is 5.68. The SMILES string of the molecule is CN(CC(=O)Nc1ccc(Cl)cc1)C(=O)CCNC(=O)c1ccccc1. The average Bonchev–Trinajstić information content (AvgIpc) is 2.64. The lowest BCUT2D eigenvalue weighted by molar-refractivity contribution is -0.133. The van der Waals surface area contributed by atoms with E-state index in [-0.39, 0.29) is 37.2 Å². The van der Waals surface area contributed by atoms with Gasteiger partial charge in [-0.1, -0.05) is 29.8 Å². The molecule has 0 unspecified atom stereocenters. The summed E-state index contributed by atoms with van der Waals surface area (Å²) < 4.78 is 0. The number of rotatable bonds is 7. The summed E-state index contributed by atoms with van der Waals surface area (Å²) in [4.78, 5) is 37.3. The summed E-state index contributed by atoms with van der Waals surface area (Å²) in [6, 6.07) is 15.5. The molecule has 26 heavy (non-hydrogen) atoms. The molecule has 0 aliphatic rings. The zero-order chi connectivity index (χ0) is 18.9. The number of anilines is 1. The number of hydrogen-bond donors (Lipinski definition) is 2. The quantitative estimate of drug-likeness (QED) is 0.782. The van der Waals surface area contributed by atoms with Crippen molar-refractivity contribution in [2.75, 3.05) is 25.5 Å². The zero-order valence-electron chi connectivity index (χ0n) is 14.4. The van der Waals surface area contributed by atoms with E-state index in [2.05, 4.69) is 10.6 Å². The van der Waals surface area contributed by atoms with Crippen LogP contribution in [0.1, 0.15) is 16.8 Å². The van der Waals surface area contributed by atoms with Crippen LogP contribution in [0.3, 0.4) is 0 Å². The van der Waals surface area contributed by atoms with Crippen molar-refractivity contribution in [2.45, 2.75) is 6.42 Å². The number of benzene rings is 2. The van der Waals surface area contributed by atoms with Crippen molar-refractivity contribution < 1.29 is 14.4 Å². The number of amides is 3. The molecule has 7 heteroatoms. The van der Waals surface area contributed by atoms with Crippen molar-refractivity contribution >= 4 is 35.0 Å². The highest BCUT2D eigenvalue weighted by molar-refractivity contribution is 6.30. The molecule has 0 bridgehead atoms. The molecular formula is C19H20ClN3O3. The van der Waals surface area contributed by atoms with Crippen molar-refractivity contribution in [1.29, 1.82) is 0 Å². The van der Waals surface area contributed by atoms with Crippen LogP contribution in [0.25, 0.3) is 0 Å². The number of nitrogens with zero attached hydrogens (tertiary/aromatic N) is 1. The Kier molecular flexibility index (Phi) is 7.17. The standard InChI is InChI=1S/C19H20ClN3O3/c1-23(13-17(24)22-16-9-7-15(20)8-10-16)18(25)11-12-21-19(26)14-5-3-2-4-6-14/h2-10H,11-13H2,1H3,(H,21,26)(H,22,24). The molecule has 2 N–H and O–H groups in total. The van der Waals surface area contributed by atoms with Gasteiger partial charge in [-0.3, -0.25) is 14.4 Å². The second kappa shape index (κ2) is 9.58. The van der Waals surface area contributed by atoms with E-state index >= 15 is 0 Å². The summed E-state index contributed by atoms with van der Waals surface area (Å²) in [5.41, 5.74) is 1.14. The largest absolute Gasteiger partial charge is 0.352 e. The van der Waals surface area contributed by atoms with Crippen molar-refractivity contribution in [3.8, 4) is 0 Å². The van der Waals surface area contributed by atoms with Gasteiger partial charge in [-0.25, -0.2) is 0 Å². The normalized spacial score (nSPS) is 10.1. The van der Waals surface area contributed by atoms with Gasteiger partial charge >= 0.3 is 0 Å². The summed E-state index contributed by atoms with van der Waals surface area (Å²) in [5.74, 6) is -0.775. The predicted octanol–water partition coefficient (Wildman–Crippen LogP) is 2.56. The van der Waals surface area contributed by atoms with E-state index in [9.17, 15) is 14.4 Å². The number of nitrogens with one attached hydrogen (secondary N) is 2. The number of carbonyl (C=O) groups excluding carboxylic acids is 3. The topological polar surface area (TPSA) is 78.5 Å². The molecule has 2 rings (SSSR count). The molecule has 0 aliphatic heterocycles. The lowest BCUT2D eigenvalue weighted by atomic mass is 10.2. The maximum Gasteiger partial charge on any atom is 0.251 e. The fourth-order valence-corrected chi connectivity index (χ4v) is 2.33. The molecule has 0 heterocycles. The first-order valence-corrected chi connectivity index (χ1v) is 8.46. The van der Waals surface area contributed by atoms with Crippen LogP contribution in [0.15, 0.2) is 54.6 Å². The van der Waals surface area contributed by atoms with Gasteiger partial charge in [0.2, 0.25) is 11.8 Å². The second-order valence-corrected chi connectivity index (χ2v) is 6.11. The summed E-state index contributed by atoms with van der Waals surface area (Å²) in [6.07, 6.45) is 0.114. The predicted molar refractivity (Wildman–Crippen MR) is 101 cm³/mol. The molecule has 0 aliphatic carbocycles. The van der Waals surface area contributed by atoms with Crippen molar-refractivity contribution in [1.82, 2.24) is 10.2 Å². The van der Waals surface area contributed by atoms with Crippen LogP contribution in [0.5, 0.6) is 0 Å². The first kappa shape index (κ1) is 19.5. The highest BCUT2D eigenvalue weighted by atomic mass is 35.5. The molecule has 3 amide bonds. The Morgan fingerprint density at radius 3 is 2.31 bits per heavy atom. The van der Waals surface area contributed by atoms with Crippen LogP contribution in [-0.2, 0) is 9.59 Å². The van der Waals surface area contributed by atoms with E-state index in [1.807, 2.05) is 6.07 Å². The lowest BCUT2D eigenvalue weighted by Gasteiger charge is -2.17. The fraction of sp³-hybridized carbons (Fsp3) is 0.211. The Morgan fingerprint density at radius 1 is 1.00 bits per heavy atom. The van der Waals surface area contributed by atoms with Crippen LogP contribution < -0.4 is 10.6 Å². The third-order valence-corrected chi connectivity index (χ3v) is 3.85. The molecule has 0 fully saturated rings. The minimum atomic E-state index is -0.309. The lowest BCUT2D eigenvalue weighted by Crippen LogP contribution is -2.37. The van der Waals surface area contributed by atoms with Gasteiger partial charge in [-0.2, -0.15) is 0 Å². The molecule has 6 nitrogen and oxygen atoms in total. The van der Waals surface area contributed by atoms with Crippen molar-refractivity contribution in [2.24, 2.45) is 0 Å². The van der Waals surface area contributed by atoms with Gasteiger partial charge in [-0.05, 0) is 36.4 Å². The maximum atomic E-state index is 12.1. The van der Waals surface area contributed by atoms with E-state index in [1.54, 1.807) is 55.6 Å². The molecule has 0 aromatic heterocycles. The zero-order valence-corrected chi connectivity index (χ0v) is 15.1. The molecule has 2 aromatic rings. The van der Waals surface area contributed by atoms with E-state index in [0.717, 1.165) is 0 Å². The van der Waals surface area contributed by atoms with Gasteiger partial charge in [0, 0.05) is 36.3 Å². The van der Waals surface area contributed by atoms with Crippen molar-refractivity contribution in [3.05, 3.63) is 65.2 Å². The van der Waals surface area contributed by atoms with Crippen LogP contribution in [0, 0.1) is 0 Å². The van der Waals surface area contributed by atoms with E-state index in [1.165, 1.54) is 4.90 Å². The minimum absolute atomic E-state index is 0.0753. The summed E-state index contributed by atoms with van der Waals surface area (Å²) in [6.45, 7) is 0.129. The Balaban J connectivity index is 1.72. The first-order valence-electron chi connectivity index (χ1n) is 8.08. The van der Waals surface area contributed by atoms with Crippen LogP contribution in [0.4, 0.5) is 5.69 Å². The molecule has 136 valence electrons. The summed E-state index contributed by atoms with van der Waals surface area (Å²) in [7, 11) is 1.54. The van der Waals surface area contributed by atoms with Gasteiger partial charge in [0.15, 0.2) is 0 Å². The van der Waals surface area contributed by atoms with Gasteiger partial charge in [0.1, 0.15) is 0 Å². The Hall–Kier alpha value is -2.86. The highest BCUT2D eigenvalue weighted by Crippen LogP contribution is 2.13. The highest BCUT2D eigenvalue weighted by Gasteiger charge is 2.13. The summed E-state index contributed by atoms with van der Waals surface area (Å²) >= 11 is 5.79. The first-order chi connectivity index (χ1) is 12.5. The fourth-order valence-electron chi connectivity index (χ4n) is 2.20. The number of carbonyl (C=O) groups is 3. The molecule has 0 radical (unpaired) electrons. The number of halogens is 1. The summed E-state index contributed by atoms with van der Waals surface area (Å²) in [5, 5.41) is 5.95. The van der Waals surface area contributed by atoms with E-state index < -0.39 is 0 Å². The Labute approximate surface area is 157 Å². The average molecular weight is 374 g/mol. The molecule has 0 atom stereocenters. The van der Waals surface area contributed by atoms with Crippen LogP contribution in [0.2, 0.25) is 5.02 Å². The molecule has 2 aromatic carbocycles. The molecular weight excluding hydrogens is 354 g/mol. The van der Waals surface area contributed by atoms with E-state index in [0.29, 0.717) is 16.3 Å². The van der Waals surface area contributed by atoms with Crippen LogP contribution in [-0.4, -0.2) is 42.8 Å². The number of likely N-dealkylation sites (N-methyl/N-ethyl adjacent to an activating group) is 1. The Morgan fingerprint density at radius 2 is 1.65 bits per heavy atom. The monoisotopic (exact) mass is 373 g/mol. The van der Waals surface area contributed by atoms with E-state index in [4.69, 9.17) is 11.6 Å². The van der Waals surface area contributed by atoms with Crippen LogP contribution >= 0.6 is 11.6 Å². The smallest absolute Gasteiger partial charge is 0.251 e. The van der Waals surface area contributed by atoms with Gasteiger partial charge in [0.05, 0.1) is 6.54 Å². The van der Waals surface area contributed by atoms with Gasteiger partial charge in [-0.15, -0.1) is 0 Å². The maximum absolute atomic E-state index is 12.1. The molecule has 0 spiro atoms. The van der Waals surface area contributed by atoms with Gasteiger partial charge < -0.3 is 15.5 Å². The minimum Gasteiger partial charge on any atom is -0.352 e. The van der Waals surface area contributed by atoms with Gasteiger partial charge in [0.25, 0.3) is 5.91 Å². The van der Waals surface area contributed by atoms with Crippen molar-refractivity contribution in [3.63, 3.8) is 0 Å². The third-order valence-electron chi connectivity index (χ3n) is 3.59. The third kappa shape index (κ3) is 6.22. The Bertz CT molecular complexity index is 763.